The molecule has 1 saturated carbocycles. The lowest BCUT2D eigenvalue weighted by molar-refractivity contribution is -0.151. The third-order valence-electron chi connectivity index (χ3n) is 5.88. The number of aliphatic imine (C=N–C) groups is 1. The molecule has 142 valence electrons. The van der Waals surface area contributed by atoms with Crippen molar-refractivity contribution in [3.8, 4) is 0 Å². The Morgan fingerprint density at radius 1 is 1.19 bits per heavy atom. The Morgan fingerprint density at radius 2 is 1.96 bits per heavy atom. The van der Waals surface area contributed by atoms with Gasteiger partial charge in [0.05, 0.1) is 0 Å². The zero-order chi connectivity index (χ0) is 19.0. The Balaban J connectivity index is 1.76. The Morgan fingerprint density at radius 3 is 2.70 bits per heavy atom. The molecule has 2 aliphatic carbocycles. The Hall–Kier alpha value is -1.94. The van der Waals surface area contributed by atoms with Crippen LogP contribution in [-0.4, -0.2) is 23.6 Å². The van der Waals surface area contributed by atoms with Crippen molar-refractivity contribution in [3.05, 3.63) is 46.1 Å². The summed E-state index contributed by atoms with van der Waals surface area (Å²) < 4.78 is 5.83. The number of carbonyl (C=O) groups is 2. The molecular weight excluding hydrogens is 362 g/mol. The summed E-state index contributed by atoms with van der Waals surface area (Å²) in [5, 5.41) is 0.598. The van der Waals surface area contributed by atoms with Gasteiger partial charge in [-0.3, -0.25) is 14.6 Å². The molecule has 0 N–H and O–H groups in total. The quantitative estimate of drug-likeness (QED) is 0.687. The standard InChI is InChI=1S/C22H24ClNO3/c1-13-19(22(26)27-16-8-2-3-9-16)20(14-6-4-7-15(23)12-14)21-17(24-13)10-5-11-18(21)25/h4,6-7,12,16,19-20H,2-3,5,8-11H2,1H3/t19?,20-/m0/s1. The van der Waals surface area contributed by atoms with Crippen molar-refractivity contribution < 1.29 is 14.3 Å². The monoisotopic (exact) mass is 385 g/mol. The molecule has 1 heterocycles. The number of allylic oxidation sites excluding steroid dienone is 2. The predicted octanol–water partition coefficient (Wildman–Crippen LogP) is 5.01. The number of carbonyl (C=O) groups excluding carboxylic acids is 2. The van der Waals surface area contributed by atoms with Gasteiger partial charge in [-0.25, -0.2) is 0 Å². The van der Waals surface area contributed by atoms with E-state index in [2.05, 4.69) is 4.99 Å². The predicted molar refractivity (Wildman–Crippen MR) is 105 cm³/mol. The van der Waals surface area contributed by atoms with Gasteiger partial charge in [0, 0.05) is 34.3 Å². The largest absolute Gasteiger partial charge is 0.462 e. The minimum atomic E-state index is -0.565. The first kappa shape index (κ1) is 18.4. The van der Waals surface area contributed by atoms with Crippen LogP contribution in [0.2, 0.25) is 5.02 Å². The highest BCUT2D eigenvalue weighted by atomic mass is 35.5. The first-order valence-corrected chi connectivity index (χ1v) is 10.2. The van der Waals surface area contributed by atoms with Crippen molar-refractivity contribution in [2.24, 2.45) is 10.9 Å². The number of rotatable bonds is 3. The maximum absolute atomic E-state index is 13.1. The van der Waals surface area contributed by atoms with Gasteiger partial charge in [-0.2, -0.15) is 0 Å². The van der Waals surface area contributed by atoms with Crippen LogP contribution < -0.4 is 0 Å². The lowest BCUT2D eigenvalue weighted by Crippen LogP contribution is -2.38. The van der Waals surface area contributed by atoms with Crippen molar-refractivity contribution in [1.29, 1.82) is 0 Å². The Bertz CT molecular complexity index is 836. The van der Waals surface area contributed by atoms with E-state index < -0.39 is 5.92 Å². The number of halogens is 1. The highest BCUT2D eigenvalue weighted by Gasteiger charge is 2.43. The van der Waals surface area contributed by atoms with Crippen LogP contribution in [0, 0.1) is 5.92 Å². The lowest BCUT2D eigenvalue weighted by atomic mass is 9.72. The van der Waals surface area contributed by atoms with E-state index in [9.17, 15) is 9.59 Å². The van der Waals surface area contributed by atoms with E-state index in [1.54, 1.807) is 6.07 Å². The average molecular weight is 386 g/mol. The second-order valence-corrected chi connectivity index (χ2v) is 8.18. The normalized spacial score (nSPS) is 26.0. The van der Waals surface area contributed by atoms with E-state index in [-0.39, 0.29) is 23.8 Å². The minimum Gasteiger partial charge on any atom is -0.462 e. The zero-order valence-electron chi connectivity index (χ0n) is 15.5. The van der Waals surface area contributed by atoms with Crippen molar-refractivity contribution in [2.45, 2.75) is 63.9 Å². The van der Waals surface area contributed by atoms with E-state index in [1.807, 2.05) is 25.1 Å². The molecule has 5 heteroatoms. The second kappa shape index (κ2) is 7.59. The summed E-state index contributed by atoms with van der Waals surface area (Å²) >= 11 is 6.23. The van der Waals surface area contributed by atoms with Crippen molar-refractivity contribution >= 4 is 29.1 Å². The number of ketones is 1. The number of ether oxygens (including phenoxy) is 1. The first-order chi connectivity index (χ1) is 13.0. The SMILES string of the molecule is CC1=NC2=C(C(=O)CCC2)[C@@H](c2cccc(Cl)c2)C1C(=O)OC1CCCC1. The maximum atomic E-state index is 13.1. The van der Waals surface area contributed by atoms with Crippen LogP contribution in [0.5, 0.6) is 0 Å². The van der Waals surface area contributed by atoms with Gasteiger partial charge in [-0.15, -0.1) is 0 Å². The Kier molecular flexibility index (Phi) is 5.18. The zero-order valence-corrected chi connectivity index (χ0v) is 16.3. The molecule has 1 aliphatic heterocycles. The second-order valence-electron chi connectivity index (χ2n) is 7.74. The summed E-state index contributed by atoms with van der Waals surface area (Å²) in [4.78, 5) is 30.6. The molecule has 0 saturated heterocycles. The molecule has 1 unspecified atom stereocenters. The molecule has 0 bridgehead atoms. The van der Waals surface area contributed by atoms with Gasteiger partial charge in [0.15, 0.2) is 5.78 Å². The summed E-state index contributed by atoms with van der Waals surface area (Å²) in [5.74, 6) is -1.10. The van der Waals surface area contributed by atoms with Gasteiger partial charge in [0.25, 0.3) is 0 Å². The summed E-state index contributed by atoms with van der Waals surface area (Å²) in [6.07, 6.45) is 6.13. The van der Waals surface area contributed by atoms with Crippen molar-refractivity contribution in [2.75, 3.05) is 0 Å². The molecule has 0 radical (unpaired) electrons. The molecule has 1 aromatic carbocycles. The molecule has 1 fully saturated rings. The van der Waals surface area contributed by atoms with Crippen LogP contribution in [-0.2, 0) is 14.3 Å². The highest BCUT2D eigenvalue weighted by molar-refractivity contribution is 6.30. The topological polar surface area (TPSA) is 55.7 Å². The molecule has 2 atom stereocenters. The fraction of sp³-hybridized carbons (Fsp3) is 0.500. The minimum absolute atomic E-state index is 0.0113. The maximum Gasteiger partial charge on any atom is 0.315 e. The highest BCUT2D eigenvalue weighted by Crippen LogP contribution is 2.44. The molecule has 27 heavy (non-hydrogen) atoms. The van der Waals surface area contributed by atoms with Crippen LogP contribution in [0.25, 0.3) is 0 Å². The van der Waals surface area contributed by atoms with Crippen LogP contribution in [0.4, 0.5) is 0 Å². The van der Waals surface area contributed by atoms with E-state index in [0.717, 1.165) is 55.5 Å². The molecule has 4 rings (SSSR count). The lowest BCUT2D eigenvalue weighted by Gasteiger charge is -2.35. The van der Waals surface area contributed by atoms with Crippen molar-refractivity contribution in [3.63, 3.8) is 0 Å². The van der Waals surface area contributed by atoms with Gasteiger partial charge < -0.3 is 4.74 Å². The third-order valence-corrected chi connectivity index (χ3v) is 6.12. The number of Topliss-reactive ketones (excluding diaryl/α,β-unsaturated/α-hetero) is 1. The van der Waals surface area contributed by atoms with Crippen LogP contribution in [0.15, 0.2) is 40.5 Å². The molecule has 3 aliphatic rings. The molecular formula is C22H24ClNO3. The number of benzene rings is 1. The summed E-state index contributed by atoms with van der Waals surface area (Å²) in [7, 11) is 0. The summed E-state index contributed by atoms with van der Waals surface area (Å²) in [6.45, 7) is 1.88. The van der Waals surface area contributed by atoms with Gasteiger partial charge >= 0.3 is 5.97 Å². The van der Waals surface area contributed by atoms with Crippen LogP contribution in [0.1, 0.15) is 63.4 Å². The van der Waals surface area contributed by atoms with E-state index in [1.165, 1.54) is 0 Å². The van der Waals surface area contributed by atoms with Gasteiger partial charge in [-0.1, -0.05) is 23.7 Å². The van der Waals surface area contributed by atoms with Gasteiger partial charge in [0.1, 0.15) is 12.0 Å². The molecule has 0 spiro atoms. The van der Waals surface area contributed by atoms with E-state index >= 15 is 0 Å². The van der Waals surface area contributed by atoms with E-state index in [4.69, 9.17) is 16.3 Å². The summed E-state index contributed by atoms with van der Waals surface area (Å²) in [5.41, 5.74) is 3.13. The van der Waals surface area contributed by atoms with Crippen LogP contribution >= 0.6 is 11.6 Å². The number of hydrogen-bond acceptors (Lipinski definition) is 4. The molecule has 1 aromatic rings. The van der Waals surface area contributed by atoms with Gasteiger partial charge in [0.2, 0.25) is 0 Å². The van der Waals surface area contributed by atoms with Crippen LogP contribution in [0.3, 0.4) is 0 Å². The Labute approximate surface area is 164 Å². The molecule has 0 aromatic heterocycles. The fourth-order valence-electron chi connectivity index (χ4n) is 4.62. The van der Waals surface area contributed by atoms with Gasteiger partial charge in [-0.05, 0) is 63.1 Å². The van der Waals surface area contributed by atoms with E-state index in [0.29, 0.717) is 17.0 Å². The average Bonchev–Trinajstić information content (AvgIpc) is 3.13. The van der Waals surface area contributed by atoms with Crippen molar-refractivity contribution in [1.82, 2.24) is 0 Å². The fourth-order valence-corrected chi connectivity index (χ4v) is 4.81. The third kappa shape index (κ3) is 3.60. The molecule has 4 nitrogen and oxygen atoms in total. The smallest absolute Gasteiger partial charge is 0.315 e. The number of hydrogen-bond donors (Lipinski definition) is 0. The first-order valence-electron chi connectivity index (χ1n) is 9.82. The summed E-state index contributed by atoms with van der Waals surface area (Å²) in [6, 6.07) is 7.47. The number of nitrogens with zero attached hydrogens (tertiary/aromatic N) is 1. The number of esters is 1. The molecule has 0 amide bonds.